The summed E-state index contributed by atoms with van der Waals surface area (Å²) in [6, 6.07) is 13.4. The van der Waals surface area contributed by atoms with Crippen molar-refractivity contribution in [3.63, 3.8) is 0 Å². The minimum absolute atomic E-state index is 0.00741. The number of hydrogen-bond acceptors (Lipinski definition) is 6. The molecular formula is C18H9N5O4. The van der Waals surface area contributed by atoms with E-state index in [1.807, 2.05) is 0 Å². The van der Waals surface area contributed by atoms with Crippen LogP contribution in [0.2, 0.25) is 0 Å². The van der Waals surface area contributed by atoms with E-state index in [1.54, 1.807) is 24.3 Å². The maximum Gasteiger partial charge on any atom is 0.293 e. The number of nitro benzene ring substituents is 1. The van der Waals surface area contributed by atoms with Crippen LogP contribution in [0.4, 0.5) is 5.69 Å². The van der Waals surface area contributed by atoms with Crippen LogP contribution in [0.1, 0.15) is 5.56 Å². The molecule has 1 aromatic carbocycles. The highest BCUT2D eigenvalue weighted by molar-refractivity contribution is 5.80. The van der Waals surface area contributed by atoms with Gasteiger partial charge in [-0.25, -0.2) is 4.98 Å². The van der Waals surface area contributed by atoms with E-state index >= 15 is 0 Å². The summed E-state index contributed by atoms with van der Waals surface area (Å²) < 4.78 is 2.22. The number of nitriles is 1. The Labute approximate surface area is 150 Å². The lowest BCUT2D eigenvalue weighted by Gasteiger charge is -2.11. The van der Waals surface area contributed by atoms with Gasteiger partial charge in [-0.3, -0.25) is 28.7 Å². The Bertz CT molecular complexity index is 1410. The van der Waals surface area contributed by atoms with Crippen LogP contribution in [-0.2, 0) is 0 Å². The normalized spacial score (nSPS) is 10.8. The van der Waals surface area contributed by atoms with Crippen molar-refractivity contribution in [3.8, 4) is 11.8 Å². The fraction of sp³-hybridized carbons (Fsp3) is 0. The molecule has 0 spiro atoms. The lowest BCUT2D eigenvalue weighted by molar-refractivity contribution is -0.384. The summed E-state index contributed by atoms with van der Waals surface area (Å²) in [6.07, 6.45) is 1.51. The lowest BCUT2D eigenvalue weighted by Crippen LogP contribution is -2.26. The molecular weight excluding hydrogens is 350 g/mol. The van der Waals surface area contributed by atoms with E-state index in [-0.39, 0.29) is 33.6 Å². The first-order valence-corrected chi connectivity index (χ1v) is 7.74. The van der Waals surface area contributed by atoms with Crippen LogP contribution < -0.4 is 11.1 Å². The predicted octanol–water partition coefficient (Wildman–Crippen LogP) is 1.78. The third-order valence-electron chi connectivity index (χ3n) is 4.12. The van der Waals surface area contributed by atoms with E-state index in [2.05, 4.69) is 4.98 Å². The van der Waals surface area contributed by atoms with Crippen LogP contribution in [0.5, 0.6) is 0 Å². The highest BCUT2D eigenvalue weighted by Crippen LogP contribution is 2.23. The first kappa shape index (κ1) is 16.2. The number of para-hydroxylation sites is 2. The van der Waals surface area contributed by atoms with Crippen molar-refractivity contribution in [2.75, 3.05) is 0 Å². The molecule has 0 aliphatic rings. The number of nitro groups is 1. The maximum absolute atomic E-state index is 12.8. The molecule has 27 heavy (non-hydrogen) atoms. The highest BCUT2D eigenvalue weighted by Gasteiger charge is 2.21. The second-order valence-electron chi connectivity index (χ2n) is 5.64. The van der Waals surface area contributed by atoms with Crippen molar-refractivity contribution in [2.24, 2.45) is 0 Å². The zero-order valence-corrected chi connectivity index (χ0v) is 13.6. The molecule has 0 amide bonds. The molecule has 0 aliphatic carbocycles. The maximum atomic E-state index is 12.8. The zero-order valence-electron chi connectivity index (χ0n) is 13.6. The van der Waals surface area contributed by atoms with Crippen LogP contribution >= 0.6 is 0 Å². The van der Waals surface area contributed by atoms with Crippen LogP contribution in [0.25, 0.3) is 22.4 Å². The standard InChI is InChI=1S/C18H9N5O4/c19-10-11-9-12-16(20-15-7-3-4-8-21(15)18(12)25)22(17(11)24)13-5-1-2-6-14(13)23(26)27/h1-9H. The van der Waals surface area contributed by atoms with Gasteiger partial charge in [0.05, 0.1) is 10.3 Å². The Hall–Kier alpha value is -4.32. The smallest absolute Gasteiger partial charge is 0.268 e. The van der Waals surface area contributed by atoms with E-state index in [0.717, 1.165) is 10.6 Å². The number of fused-ring (bicyclic) bond motifs is 2. The Balaban J connectivity index is 2.29. The molecule has 0 radical (unpaired) electrons. The summed E-state index contributed by atoms with van der Waals surface area (Å²) in [6.45, 7) is 0. The molecule has 9 heteroatoms. The number of pyridine rings is 2. The van der Waals surface area contributed by atoms with Crippen LogP contribution in [0.3, 0.4) is 0 Å². The Morgan fingerprint density at radius 3 is 2.56 bits per heavy atom. The van der Waals surface area contributed by atoms with E-state index in [0.29, 0.717) is 0 Å². The van der Waals surface area contributed by atoms with Gasteiger partial charge in [-0.2, -0.15) is 5.26 Å². The van der Waals surface area contributed by atoms with Crippen molar-refractivity contribution < 1.29 is 4.92 Å². The van der Waals surface area contributed by atoms with E-state index in [4.69, 9.17) is 0 Å². The zero-order chi connectivity index (χ0) is 19.1. The van der Waals surface area contributed by atoms with E-state index < -0.39 is 16.0 Å². The molecule has 0 saturated heterocycles. The largest absolute Gasteiger partial charge is 0.293 e. The average Bonchev–Trinajstić information content (AvgIpc) is 2.68. The topological polar surface area (TPSA) is 123 Å². The molecule has 0 atom stereocenters. The first-order chi connectivity index (χ1) is 13.0. The van der Waals surface area contributed by atoms with Crippen LogP contribution in [-0.4, -0.2) is 18.9 Å². The minimum Gasteiger partial charge on any atom is -0.268 e. The lowest BCUT2D eigenvalue weighted by atomic mass is 10.2. The van der Waals surface area contributed by atoms with Gasteiger partial charge < -0.3 is 0 Å². The molecule has 130 valence electrons. The third kappa shape index (κ3) is 2.36. The monoisotopic (exact) mass is 359 g/mol. The van der Waals surface area contributed by atoms with Gasteiger partial charge in [0.15, 0.2) is 5.65 Å². The molecule has 4 aromatic rings. The van der Waals surface area contributed by atoms with Crippen LogP contribution in [0, 0.1) is 21.4 Å². The van der Waals surface area contributed by atoms with Gasteiger partial charge in [0, 0.05) is 12.3 Å². The van der Waals surface area contributed by atoms with Gasteiger partial charge in [-0.15, -0.1) is 0 Å². The Morgan fingerprint density at radius 2 is 1.81 bits per heavy atom. The number of aromatic nitrogens is 3. The fourth-order valence-electron chi connectivity index (χ4n) is 2.92. The van der Waals surface area contributed by atoms with Crippen molar-refractivity contribution in [3.05, 3.63) is 91.1 Å². The van der Waals surface area contributed by atoms with E-state index in [1.165, 1.54) is 34.9 Å². The summed E-state index contributed by atoms with van der Waals surface area (Å²) in [5.41, 5.74) is -1.77. The second-order valence-corrected chi connectivity index (χ2v) is 5.64. The van der Waals surface area contributed by atoms with Crippen molar-refractivity contribution in [1.29, 1.82) is 5.26 Å². The molecule has 0 saturated carbocycles. The highest BCUT2D eigenvalue weighted by atomic mass is 16.6. The van der Waals surface area contributed by atoms with Crippen molar-refractivity contribution in [1.82, 2.24) is 14.0 Å². The van der Waals surface area contributed by atoms with Gasteiger partial charge in [0.25, 0.3) is 16.8 Å². The average molecular weight is 359 g/mol. The molecule has 9 nitrogen and oxygen atoms in total. The Morgan fingerprint density at radius 1 is 1.07 bits per heavy atom. The summed E-state index contributed by atoms with van der Waals surface area (Å²) >= 11 is 0. The molecule has 4 rings (SSSR count). The predicted molar refractivity (Wildman–Crippen MR) is 95.9 cm³/mol. The minimum atomic E-state index is -0.786. The summed E-state index contributed by atoms with van der Waals surface area (Å²) in [7, 11) is 0. The quantitative estimate of drug-likeness (QED) is 0.305. The molecule has 3 aromatic heterocycles. The van der Waals surface area contributed by atoms with Crippen molar-refractivity contribution >= 4 is 22.4 Å². The summed E-state index contributed by atoms with van der Waals surface area (Å²) in [5.74, 6) is 0. The van der Waals surface area contributed by atoms with Gasteiger partial charge in [0.1, 0.15) is 23.0 Å². The third-order valence-corrected chi connectivity index (χ3v) is 4.12. The molecule has 3 heterocycles. The van der Waals surface area contributed by atoms with Gasteiger partial charge in [-0.1, -0.05) is 18.2 Å². The fourth-order valence-corrected chi connectivity index (χ4v) is 2.92. The Kier molecular flexibility index (Phi) is 3.53. The van der Waals surface area contributed by atoms with Crippen LogP contribution in [0.15, 0.2) is 64.3 Å². The number of benzene rings is 1. The SMILES string of the molecule is N#Cc1cc2c(=O)n3ccccc3nc2n(-c2ccccc2[N+](=O)[O-])c1=O. The number of hydrogen-bond donors (Lipinski definition) is 0. The van der Waals surface area contributed by atoms with Gasteiger partial charge in [-0.05, 0) is 24.3 Å². The van der Waals surface area contributed by atoms with Gasteiger partial charge >= 0.3 is 0 Å². The summed E-state index contributed by atoms with van der Waals surface area (Å²) in [4.78, 5) is 40.8. The van der Waals surface area contributed by atoms with E-state index in [9.17, 15) is 25.0 Å². The molecule has 0 N–H and O–H groups in total. The second kappa shape index (κ2) is 5.89. The molecule has 0 bridgehead atoms. The molecule has 0 fully saturated rings. The first-order valence-electron chi connectivity index (χ1n) is 7.74. The molecule has 0 aliphatic heterocycles. The molecule has 0 unspecified atom stereocenters. The summed E-state index contributed by atoms with van der Waals surface area (Å²) in [5, 5.41) is 20.7. The van der Waals surface area contributed by atoms with Gasteiger partial charge in [0.2, 0.25) is 0 Å². The van der Waals surface area contributed by atoms with Crippen molar-refractivity contribution in [2.45, 2.75) is 0 Å². The number of rotatable bonds is 2. The number of nitrogens with zero attached hydrogens (tertiary/aromatic N) is 5.